The first kappa shape index (κ1) is 76.6. The zero-order valence-electron chi connectivity index (χ0n) is 52.5. The number of esters is 1. The Hall–Kier alpha value is -1.53. The molecule has 0 amide bonds. The highest BCUT2D eigenvalue weighted by molar-refractivity contribution is 5.69. The van der Waals surface area contributed by atoms with Crippen LogP contribution in [0, 0.1) is 0 Å². The lowest BCUT2D eigenvalue weighted by Gasteiger charge is -2.42. The van der Waals surface area contributed by atoms with Gasteiger partial charge in [0.25, 0.3) is 0 Å². The number of hydrogen-bond acceptors (Lipinski definition) is 14. The quantitative estimate of drug-likeness (QED) is 0.0171. The second-order valence-electron chi connectivity index (χ2n) is 24.4. The van der Waals surface area contributed by atoms with Gasteiger partial charge in [0, 0.05) is 13.0 Å². The van der Waals surface area contributed by atoms with Gasteiger partial charge in [0.05, 0.1) is 26.4 Å². The molecule has 0 bridgehead atoms. The third-order valence-corrected chi connectivity index (χ3v) is 16.7. The van der Waals surface area contributed by atoms with Gasteiger partial charge < -0.3 is 64.2 Å². The van der Waals surface area contributed by atoms with Crippen molar-refractivity contribution in [2.45, 2.75) is 370 Å². The molecule has 2 saturated heterocycles. The predicted octanol–water partition coefficient (Wildman–Crippen LogP) is 14.3. The van der Waals surface area contributed by atoms with Crippen molar-refractivity contribution < 1.29 is 69.0 Å². The molecule has 0 spiro atoms. The monoisotopic (exact) mass is 1170 g/mol. The van der Waals surface area contributed by atoms with Gasteiger partial charge in [0.2, 0.25) is 0 Å². The van der Waals surface area contributed by atoms with Gasteiger partial charge in [-0.3, -0.25) is 4.79 Å². The van der Waals surface area contributed by atoms with Crippen LogP contribution in [-0.4, -0.2) is 142 Å². The van der Waals surface area contributed by atoms with Crippen LogP contribution in [0.1, 0.15) is 303 Å². The van der Waals surface area contributed by atoms with E-state index in [1.54, 1.807) is 0 Å². The molecule has 11 unspecified atom stereocenters. The van der Waals surface area contributed by atoms with Crippen LogP contribution in [0.4, 0.5) is 0 Å². The predicted molar refractivity (Wildman–Crippen MR) is 330 cm³/mol. The van der Waals surface area contributed by atoms with E-state index in [0.717, 1.165) is 44.9 Å². The van der Waals surface area contributed by atoms with E-state index >= 15 is 0 Å². The molecule has 484 valence electrons. The zero-order chi connectivity index (χ0) is 59.4. The summed E-state index contributed by atoms with van der Waals surface area (Å²) in [5.41, 5.74) is 0. The fourth-order valence-corrected chi connectivity index (χ4v) is 11.2. The van der Waals surface area contributed by atoms with Crippen molar-refractivity contribution in [3.05, 3.63) is 24.3 Å². The van der Waals surface area contributed by atoms with Crippen LogP contribution in [-0.2, 0) is 33.2 Å². The molecule has 2 rings (SSSR count). The molecule has 11 atom stereocenters. The number of aliphatic hydroxyl groups is 7. The van der Waals surface area contributed by atoms with Crippen molar-refractivity contribution in [3.8, 4) is 0 Å². The number of allylic oxidation sites excluding steroid dienone is 4. The number of aliphatic hydroxyl groups excluding tert-OH is 7. The van der Waals surface area contributed by atoms with Crippen LogP contribution >= 0.6 is 0 Å². The Balaban J connectivity index is 1.64. The molecule has 0 radical (unpaired) electrons. The van der Waals surface area contributed by atoms with Gasteiger partial charge in [-0.2, -0.15) is 0 Å². The van der Waals surface area contributed by atoms with Crippen LogP contribution in [0.3, 0.4) is 0 Å². The molecule has 0 aromatic carbocycles. The summed E-state index contributed by atoms with van der Waals surface area (Å²) in [6.07, 6.45) is 49.6. The highest BCUT2D eigenvalue weighted by Crippen LogP contribution is 2.27. The maximum Gasteiger partial charge on any atom is 0.306 e. The van der Waals surface area contributed by atoms with Crippen molar-refractivity contribution >= 4 is 5.97 Å². The van der Waals surface area contributed by atoms with Gasteiger partial charge in [-0.05, 0) is 44.9 Å². The molecule has 82 heavy (non-hydrogen) atoms. The molecule has 2 aliphatic rings. The Kier molecular flexibility index (Phi) is 51.2. The van der Waals surface area contributed by atoms with Crippen molar-refractivity contribution in [1.82, 2.24) is 0 Å². The van der Waals surface area contributed by atoms with Crippen LogP contribution < -0.4 is 0 Å². The number of rotatable bonds is 58. The van der Waals surface area contributed by atoms with Crippen LogP contribution in [0.25, 0.3) is 0 Å². The molecule has 0 aromatic rings. The fraction of sp³-hybridized carbons (Fsp3) is 0.926. The SMILES string of the molecule is CCCCCCC/C=C\C/C=C\CCCCCCCCCCCCCCOCC(COC1OC(COC2OC(CO)C(O)C(O)C2O)C(O)C(O)C1O)OC(=O)CCCCCCCCCCCCCCCCCCCCCCCCCC. The number of unbranched alkanes of at least 4 members (excludes halogenated alkanes) is 40. The standard InChI is InChI=1S/C68H128O14/c1-3-5-7-9-11-13-15-17-19-21-23-25-27-29-31-33-35-37-39-41-43-45-47-49-51-60(70)80-57(55-78-67-66(76)64(74)62(72)59(82-67)56-79-68-65(75)63(73)61(71)58(53-69)81-68)54-77-52-50-48-46-44-42-40-38-36-34-32-30-28-26-24-22-20-18-16-14-12-10-8-6-4-2/h16,18,22,24,57-59,61-69,71-76H,3-15,17,19-21,23,25-56H2,1-2H3/b18-16-,24-22-. The average Bonchev–Trinajstić information content (AvgIpc) is 3.58. The summed E-state index contributed by atoms with van der Waals surface area (Å²) in [7, 11) is 0. The topological polar surface area (TPSA) is 214 Å². The second kappa shape index (κ2) is 54.8. The Bertz CT molecular complexity index is 1450. The molecule has 2 fully saturated rings. The number of carbonyl (C=O) groups excluding carboxylic acids is 1. The lowest BCUT2D eigenvalue weighted by molar-refractivity contribution is -0.332. The zero-order valence-corrected chi connectivity index (χ0v) is 52.5. The molecule has 14 nitrogen and oxygen atoms in total. The normalized spacial score (nSPS) is 23.6. The number of carbonyl (C=O) groups is 1. The minimum absolute atomic E-state index is 0.0659. The van der Waals surface area contributed by atoms with Crippen molar-refractivity contribution in [2.24, 2.45) is 0 Å². The minimum Gasteiger partial charge on any atom is -0.457 e. The van der Waals surface area contributed by atoms with E-state index < -0.39 is 80.7 Å². The first-order valence-electron chi connectivity index (χ1n) is 34.4. The molecule has 0 saturated carbocycles. The average molecular weight is 1170 g/mol. The van der Waals surface area contributed by atoms with Crippen LogP contribution in [0.5, 0.6) is 0 Å². The third-order valence-electron chi connectivity index (χ3n) is 16.7. The molecule has 0 aromatic heterocycles. The smallest absolute Gasteiger partial charge is 0.306 e. The van der Waals surface area contributed by atoms with E-state index in [1.807, 2.05) is 0 Å². The van der Waals surface area contributed by atoms with E-state index in [1.165, 1.54) is 231 Å². The fourth-order valence-electron chi connectivity index (χ4n) is 11.2. The van der Waals surface area contributed by atoms with Crippen LogP contribution in [0.15, 0.2) is 24.3 Å². The van der Waals surface area contributed by atoms with Crippen molar-refractivity contribution in [2.75, 3.05) is 33.0 Å². The van der Waals surface area contributed by atoms with Gasteiger partial charge >= 0.3 is 5.97 Å². The number of ether oxygens (including phenoxy) is 6. The van der Waals surface area contributed by atoms with E-state index in [9.17, 15) is 40.5 Å². The van der Waals surface area contributed by atoms with E-state index in [4.69, 9.17) is 28.4 Å². The second-order valence-corrected chi connectivity index (χ2v) is 24.4. The van der Waals surface area contributed by atoms with Gasteiger partial charge in [0.15, 0.2) is 12.6 Å². The maximum atomic E-state index is 13.1. The first-order valence-corrected chi connectivity index (χ1v) is 34.4. The summed E-state index contributed by atoms with van der Waals surface area (Å²) < 4.78 is 34.6. The molecule has 7 N–H and O–H groups in total. The van der Waals surface area contributed by atoms with Gasteiger partial charge in [-0.15, -0.1) is 0 Å². The summed E-state index contributed by atoms with van der Waals surface area (Å²) in [5.74, 6) is -0.368. The van der Waals surface area contributed by atoms with Gasteiger partial charge in [-0.1, -0.05) is 276 Å². The van der Waals surface area contributed by atoms with E-state index in [-0.39, 0.29) is 25.6 Å². The third kappa shape index (κ3) is 40.0. The Morgan fingerprint density at radius 1 is 0.402 bits per heavy atom. The summed E-state index contributed by atoms with van der Waals surface area (Å²) in [5, 5.41) is 72.6. The van der Waals surface area contributed by atoms with Gasteiger partial charge in [0.1, 0.15) is 54.9 Å². The van der Waals surface area contributed by atoms with Crippen molar-refractivity contribution in [1.29, 1.82) is 0 Å². The Morgan fingerprint density at radius 2 is 0.756 bits per heavy atom. The summed E-state index contributed by atoms with van der Waals surface area (Å²) >= 11 is 0. The highest BCUT2D eigenvalue weighted by atomic mass is 16.7. The molecule has 0 aliphatic carbocycles. The maximum absolute atomic E-state index is 13.1. The van der Waals surface area contributed by atoms with E-state index in [0.29, 0.717) is 13.0 Å². The molecule has 14 heteroatoms. The largest absolute Gasteiger partial charge is 0.457 e. The first-order chi connectivity index (χ1) is 40.1. The lowest BCUT2D eigenvalue weighted by atomic mass is 9.98. The summed E-state index contributed by atoms with van der Waals surface area (Å²) in [4.78, 5) is 13.1. The highest BCUT2D eigenvalue weighted by Gasteiger charge is 2.47. The molecule has 2 aliphatic heterocycles. The minimum atomic E-state index is -1.71. The number of hydrogen-bond donors (Lipinski definition) is 7. The summed E-state index contributed by atoms with van der Waals surface area (Å²) in [6.45, 7) is 3.75. The van der Waals surface area contributed by atoms with Crippen LogP contribution in [0.2, 0.25) is 0 Å². The molecular weight excluding hydrogens is 1040 g/mol. The summed E-state index contributed by atoms with van der Waals surface area (Å²) in [6, 6.07) is 0. The van der Waals surface area contributed by atoms with E-state index in [2.05, 4.69) is 38.2 Å². The molecule has 2 heterocycles. The molecular formula is C68H128O14. The van der Waals surface area contributed by atoms with Crippen molar-refractivity contribution in [3.63, 3.8) is 0 Å². The van der Waals surface area contributed by atoms with Gasteiger partial charge in [-0.25, -0.2) is 0 Å². The lowest BCUT2D eigenvalue weighted by Crippen LogP contribution is -2.61. The Morgan fingerprint density at radius 3 is 1.17 bits per heavy atom. The Labute approximate surface area is 500 Å².